The molecule has 0 bridgehead atoms. The van der Waals surface area contributed by atoms with Crippen LogP contribution in [0.15, 0.2) is 10.9 Å². The van der Waals surface area contributed by atoms with E-state index in [4.69, 9.17) is 0 Å². The molecule has 1 aromatic rings. The van der Waals surface area contributed by atoms with Crippen LogP contribution in [0.3, 0.4) is 0 Å². The van der Waals surface area contributed by atoms with Gasteiger partial charge in [-0.1, -0.05) is 5.16 Å². The van der Waals surface area contributed by atoms with Gasteiger partial charge >= 0.3 is 0 Å². The minimum atomic E-state index is -2.92. The maximum Gasteiger partial charge on any atom is 0.213 e. The summed E-state index contributed by atoms with van der Waals surface area (Å²) in [5.74, 6) is 0.758. The molecule has 7 heteroatoms. The fraction of sp³-hybridized carbons (Fsp3) is 0.750. The molecular formula is C8H15N3O3S. The lowest BCUT2D eigenvalue weighted by Crippen LogP contribution is -2.34. The second-order valence-electron chi connectivity index (χ2n) is 3.55. The first-order valence-corrected chi connectivity index (χ1v) is 6.70. The SMILES string of the molecule is CC(CS(C)(=O)=O)NCCc1ncon1. The van der Waals surface area contributed by atoms with E-state index in [9.17, 15) is 8.42 Å². The number of hydrogen-bond donors (Lipinski definition) is 1. The summed E-state index contributed by atoms with van der Waals surface area (Å²) in [6.07, 6.45) is 3.13. The topological polar surface area (TPSA) is 85.1 Å². The van der Waals surface area contributed by atoms with E-state index in [2.05, 4.69) is 20.0 Å². The summed E-state index contributed by atoms with van der Waals surface area (Å²) in [5.41, 5.74) is 0. The van der Waals surface area contributed by atoms with Crippen LogP contribution in [0.25, 0.3) is 0 Å². The van der Waals surface area contributed by atoms with Crippen LogP contribution in [-0.4, -0.2) is 43.2 Å². The molecule has 15 heavy (non-hydrogen) atoms. The molecule has 6 nitrogen and oxygen atoms in total. The van der Waals surface area contributed by atoms with Crippen molar-refractivity contribution in [1.82, 2.24) is 15.5 Å². The Morgan fingerprint density at radius 1 is 1.60 bits per heavy atom. The van der Waals surface area contributed by atoms with Crippen LogP contribution in [0.1, 0.15) is 12.7 Å². The first-order valence-electron chi connectivity index (χ1n) is 4.64. The van der Waals surface area contributed by atoms with Gasteiger partial charge in [0.15, 0.2) is 5.82 Å². The largest absolute Gasteiger partial charge is 0.343 e. The van der Waals surface area contributed by atoms with E-state index in [1.165, 1.54) is 12.6 Å². The molecule has 86 valence electrons. The maximum absolute atomic E-state index is 11.0. The third-order valence-electron chi connectivity index (χ3n) is 1.80. The Bertz CT molecular complexity index is 374. The van der Waals surface area contributed by atoms with Crippen LogP contribution in [0.5, 0.6) is 0 Å². The van der Waals surface area contributed by atoms with Gasteiger partial charge in [-0.2, -0.15) is 4.98 Å². The van der Waals surface area contributed by atoms with Gasteiger partial charge in [0.2, 0.25) is 6.39 Å². The van der Waals surface area contributed by atoms with E-state index in [0.717, 1.165) is 0 Å². The third-order valence-corrected chi connectivity index (χ3v) is 2.91. The van der Waals surface area contributed by atoms with E-state index in [-0.39, 0.29) is 11.8 Å². The average molecular weight is 233 g/mol. The number of sulfone groups is 1. The van der Waals surface area contributed by atoms with Crippen molar-refractivity contribution in [1.29, 1.82) is 0 Å². The van der Waals surface area contributed by atoms with Gasteiger partial charge in [-0.25, -0.2) is 8.42 Å². The van der Waals surface area contributed by atoms with Gasteiger partial charge in [-0.05, 0) is 6.92 Å². The molecule has 1 heterocycles. The van der Waals surface area contributed by atoms with Crippen molar-refractivity contribution in [2.75, 3.05) is 18.6 Å². The summed E-state index contributed by atoms with van der Waals surface area (Å²) in [4.78, 5) is 3.85. The second-order valence-corrected chi connectivity index (χ2v) is 5.73. The van der Waals surface area contributed by atoms with Crippen LogP contribution in [0.4, 0.5) is 0 Å². The van der Waals surface area contributed by atoms with Crippen LogP contribution < -0.4 is 5.32 Å². The fourth-order valence-corrected chi connectivity index (χ4v) is 2.27. The highest BCUT2D eigenvalue weighted by atomic mass is 32.2. The Kier molecular flexibility index (Phi) is 4.22. The Hall–Kier alpha value is -0.950. The van der Waals surface area contributed by atoms with Crippen LogP contribution in [0.2, 0.25) is 0 Å². The van der Waals surface area contributed by atoms with Crippen molar-refractivity contribution in [3.05, 3.63) is 12.2 Å². The summed E-state index contributed by atoms with van der Waals surface area (Å²) in [7, 11) is -2.92. The lowest BCUT2D eigenvalue weighted by atomic mass is 10.3. The Labute approximate surface area is 89.0 Å². The molecule has 0 aliphatic carbocycles. The van der Waals surface area contributed by atoms with Gasteiger partial charge in [-0.15, -0.1) is 0 Å². The Balaban J connectivity index is 2.20. The van der Waals surface area contributed by atoms with Crippen molar-refractivity contribution >= 4 is 9.84 Å². The lowest BCUT2D eigenvalue weighted by molar-refractivity contribution is 0.408. The molecular weight excluding hydrogens is 218 g/mol. The van der Waals surface area contributed by atoms with Crippen LogP contribution in [-0.2, 0) is 16.3 Å². The number of nitrogens with zero attached hydrogens (tertiary/aromatic N) is 2. The zero-order chi connectivity index (χ0) is 11.3. The van der Waals surface area contributed by atoms with Crippen molar-refractivity contribution in [3.63, 3.8) is 0 Å². The highest BCUT2D eigenvalue weighted by molar-refractivity contribution is 7.90. The van der Waals surface area contributed by atoms with Gasteiger partial charge in [-0.3, -0.25) is 0 Å². The summed E-state index contributed by atoms with van der Waals surface area (Å²) >= 11 is 0. The van der Waals surface area contributed by atoms with Crippen molar-refractivity contribution in [2.24, 2.45) is 0 Å². The highest BCUT2D eigenvalue weighted by Gasteiger charge is 2.09. The number of rotatable bonds is 6. The molecule has 1 rings (SSSR count). The van der Waals surface area contributed by atoms with Gasteiger partial charge in [0.25, 0.3) is 0 Å². The molecule has 0 amide bonds. The summed E-state index contributed by atoms with van der Waals surface area (Å²) in [6, 6.07) is -0.0631. The first-order chi connectivity index (χ1) is 6.97. The fourth-order valence-electron chi connectivity index (χ4n) is 1.25. The van der Waals surface area contributed by atoms with Crippen LogP contribution >= 0.6 is 0 Å². The van der Waals surface area contributed by atoms with E-state index in [0.29, 0.717) is 18.8 Å². The zero-order valence-corrected chi connectivity index (χ0v) is 9.62. The van der Waals surface area contributed by atoms with E-state index in [1.54, 1.807) is 0 Å². The normalized spacial score (nSPS) is 14.0. The van der Waals surface area contributed by atoms with Crippen LogP contribution in [0, 0.1) is 0 Å². The molecule has 1 atom stereocenters. The van der Waals surface area contributed by atoms with Crippen molar-refractivity contribution < 1.29 is 12.9 Å². The van der Waals surface area contributed by atoms with E-state index in [1.807, 2.05) is 6.92 Å². The van der Waals surface area contributed by atoms with Crippen molar-refractivity contribution in [3.8, 4) is 0 Å². The minimum Gasteiger partial charge on any atom is -0.343 e. The summed E-state index contributed by atoms with van der Waals surface area (Å²) < 4.78 is 26.5. The molecule has 0 saturated heterocycles. The Morgan fingerprint density at radius 2 is 2.33 bits per heavy atom. The van der Waals surface area contributed by atoms with Gasteiger partial charge in [0.1, 0.15) is 9.84 Å². The van der Waals surface area contributed by atoms with Gasteiger partial charge in [0, 0.05) is 25.3 Å². The molecule has 0 radical (unpaired) electrons. The summed E-state index contributed by atoms with van der Waals surface area (Å²) in [5, 5.41) is 6.72. The standard InChI is InChI=1S/C8H15N3O3S/c1-7(5-15(2,12)13)9-4-3-8-10-6-14-11-8/h6-7,9H,3-5H2,1-2H3. The summed E-state index contributed by atoms with van der Waals surface area (Å²) in [6.45, 7) is 2.47. The molecule has 1 aromatic heterocycles. The minimum absolute atomic E-state index is 0.0631. The highest BCUT2D eigenvalue weighted by Crippen LogP contribution is 1.92. The monoisotopic (exact) mass is 233 g/mol. The average Bonchev–Trinajstić information content (AvgIpc) is 2.53. The number of hydrogen-bond acceptors (Lipinski definition) is 6. The molecule has 1 N–H and O–H groups in total. The van der Waals surface area contributed by atoms with Gasteiger partial charge < -0.3 is 9.84 Å². The first kappa shape index (κ1) is 12.1. The predicted octanol–water partition coefficient (Wildman–Crippen LogP) is -0.365. The molecule has 0 aliphatic rings. The van der Waals surface area contributed by atoms with E-state index < -0.39 is 9.84 Å². The lowest BCUT2D eigenvalue weighted by Gasteiger charge is -2.11. The molecule has 0 spiro atoms. The predicted molar refractivity (Wildman–Crippen MR) is 55.2 cm³/mol. The quantitative estimate of drug-likeness (QED) is 0.722. The number of aromatic nitrogens is 2. The second kappa shape index (κ2) is 5.22. The smallest absolute Gasteiger partial charge is 0.213 e. The van der Waals surface area contributed by atoms with E-state index >= 15 is 0 Å². The molecule has 0 fully saturated rings. The Morgan fingerprint density at radius 3 is 2.87 bits per heavy atom. The van der Waals surface area contributed by atoms with Gasteiger partial charge in [0.05, 0.1) is 5.75 Å². The van der Waals surface area contributed by atoms with Crippen molar-refractivity contribution in [2.45, 2.75) is 19.4 Å². The number of nitrogens with one attached hydrogen (secondary N) is 1. The molecule has 0 aliphatic heterocycles. The third kappa shape index (κ3) is 5.48. The molecule has 0 saturated carbocycles. The molecule has 1 unspecified atom stereocenters. The maximum atomic E-state index is 11.0. The zero-order valence-electron chi connectivity index (χ0n) is 8.80. The molecule has 0 aromatic carbocycles.